The Morgan fingerprint density at radius 1 is 1.38 bits per heavy atom. The van der Waals surface area contributed by atoms with Crippen molar-refractivity contribution in [2.45, 2.75) is 6.61 Å². The van der Waals surface area contributed by atoms with Gasteiger partial charge in [-0.1, -0.05) is 0 Å². The van der Waals surface area contributed by atoms with Crippen LogP contribution in [0.2, 0.25) is 0 Å². The molecule has 21 heavy (non-hydrogen) atoms. The average molecular weight is 289 g/mol. The van der Waals surface area contributed by atoms with Gasteiger partial charge in [0.05, 0.1) is 11.6 Å². The van der Waals surface area contributed by atoms with E-state index in [1.165, 1.54) is 25.3 Å². The summed E-state index contributed by atoms with van der Waals surface area (Å²) in [5.41, 5.74) is 2.56. The summed E-state index contributed by atoms with van der Waals surface area (Å²) in [6.07, 6.45) is 0. The number of hydrogen-bond acceptors (Lipinski definition) is 7. The van der Waals surface area contributed by atoms with Crippen LogP contribution >= 0.6 is 0 Å². The third-order valence-electron chi connectivity index (χ3n) is 2.45. The Labute approximate surface area is 120 Å². The van der Waals surface area contributed by atoms with Crippen LogP contribution < -0.4 is 16.0 Å². The minimum Gasteiger partial charge on any atom is -0.436 e. The lowest BCUT2D eigenvalue weighted by molar-refractivity contribution is 0.177. The van der Waals surface area contributed by atoms with Crippen LogP contribution in [0.4, 0.5) is 10.2 Å². The SMILES string of the molecule is COCc1nc(NN)cc(Oc2ccc(C#N)cc2F)n1. The maximum absolute atomic E-state index is 13.8. The standard InChI is InChI=1S/C13H12FN5O2/c1-20-7-12-17-11(19-16)5-13(18-12)21-10-3-2-8(6-15)4-9(10)14/h2-5H,7,16H2,1H3,(H,17,18,19). The van der Waals surface area contributed by atoms with Crippen LogP contribution in [0.25, 0.3) is 0 Å². The molecule has 1 aromatic carbocycles. The summed E-state index contributed by atoms with van der Waals surface area (Å²) >= 11 is 0. The minimum atomic E-state index is -0.664. The van der Waals surface area contributed by atoms with Crippen molar-refractivity contribution < 1.29 is 13.9 Å². The third-order valence-corrected chi connectivity index (χ3v) is 2.45. The molecule has 2 aromatic rings. The van der Waals surface area contributed by atoms with Crippen LogP contribution in [0.5, 0.6) is 11.6 Å². The van der Waals surface area contributed by atoms with Gasteiger partial charge >= 0.3 is 0 Å². The van der Waals surface area contributed by atoms with Crippen LogP contribution in [0.3, 0.4) is 0 Å². The monoisotopic (exact) mass is 289 g/mol. The Hall–Kier alpha value is -2.76. The van der Waals surface area contributed by atoms with Gasteiger partial charge in [-0.25, -0.2) is 15.2 Å². The van der Waals surface area contributed by atoms with E-state index in [0.29, 0.717) is 11.6 Å². The number of nitrogens with one attached hydrogen (secondary N) is 1. The summed E-state index contributed by atoms with van der Waals surface area (Å²) in [5.74, 6) is 5.32. The zero-order valence-corrected chi connectivity index (χ0v) is 11.1. The fourth-order valence-electron chi connectivity index (χ4n) is 1.56. The largest absolute Gasteiger partial charge is 0.436 e. The number of benzene rings is 1. The molecule has 0 saturated heterocycles. The molecule has 0 unspecified atom stereocenters. The Balaban J connectivity index is 2.30. The van der Waals surface area contributed by atoms with Crippen molar-refractivity contribution in [3.8, 4) is 17.7 Å². The summed E-state index contributed by atoms with van der Waals surface area (Å²) in [6.45, 7) is 0.154. The first-order valence-electron chi connectivity index (χ1n) is 5.87. The molecule has 8 heteroatoms. The molecule has 7 nitrogen and oxygen atoms in total. The zero-order chi connectivity index (χ0) is 15.2. The predicted octanol–water partition coefficient (Wildman–Crippen LogP) is 1.71. The van der Waals surface area contributed by atoms with Gasteiger partial charge < -0.3 is 14.9 Å². The number of ether oxygens (including phenoxy) is 2. The molecule has 0 spiro atoms. The van der Waals surface area contributed by atoms with E-state index in [4.69, 9.17) is 20.6 Å². The summed E-state index contributed by atoms with van der Waals surface area (Å²) in [7, 11) is 1.49. The first kappa shape index (κ1) is 14.6. The van der Waals surface area contributed by atoms with Crippen LogP contribution in [0.1, 0.15) is 11.4 Å². The number of nitriles is 1. The number of methoxy groups -OCH3 is 1. The predicted molar refractivity (Wildman–Crippen MR) is 71.7 cm³/mol. The lowest BCUT2D eigenvalue weighted by Gasteiger charge is -2.09. The van der Waals surface area contributed by atoms with E-state index >= 15 is 0 Å². The van der Waals surface area contributed by atoms with Gasteiger partial charge in [0.1, 0.15) is 12.4 Å². The number of hydrogen-bond donors (Lipinski definition) is 2. The van der Waals surface area contributed by atoms with Crippen LogP contribution in [0.15, 0.2) is 24.3 Å². The first-order valence-corrected chi connectivity index (χ1v) is 5.87. The van der Waals surface area contributed by atoms with E-state index < -0.39 is 5.82 Å². The number of aromatic nitrogens is 2. The number of rotatable bonds is 5. The average Bonchev–Trinajstić information content (AvgIpc) is 2.49. The van der Waals surface area contributed by atoms with Gasteiger partial charge in [-0.3, -0.25) is 0 Å². The maximum Gasteiger partial charge on any atom is 0.224 e. The number of nitrogens with zero attached hydrogens (tertiary/aromatic N) is 3. The van der Waals surface area contributed by atoms with Crippen molar-refractivity contribution in [3.05, 3.63) is 41.5 Å². The number of hydrazine groups is 1. The molecule has 108 valence electrons. The number of anilines is 1. The number of nitrogens with two attached hydrogens (primary N) is 1. The minimum absolute atomic E-state index is 0.0564. The third kappa shape index (κ3) is 3.62. The second kappa shape index (κ2) is 6.60. The number of nitrogen functional groups attached to an aromatic ring is 1. The molecule has 0 bridgehead atoms. The molecule has 1 aromatic heterocycles. The fourth-order valence-corrected chi connectivity index (χ4v) is 1.56. The van der Waals surface area contributed by atoms with Crippen molar-refractivity contribution in [1.82, 2.24) is 9.97 Å². The molecule has 0 amide bonds. The molecule has 0 radical (unpaired) electrons. The van der Waals surface area contributed by atoms with Gasteiger partial charge in [0.25, 0.3) is 0 Å². The smallest absolute Gasteiger partial charge is 0.224 e. The van der Waals surface area contributed by atoms with Gasteiger partial charge in [0, 0.05) is 13.2 Å². The van der Waals surface area contributed by atoms with Crippen LogP contribution in [-0.2, 0) is 11.3 Å². The van der Waals surface area contributed by atoms with Crippen molar-refractivity contribution in [3.63, 3.8) is 0 Å². The second-order valence-electron chi connectivity index (χ2n) is 3.94. The topological polar surface area (TPSA) is 106 Å². The summed E-state index contributed by atoms with van der Waals surface area (Å²) < 4.78 is 24.0. The molecule has 3 N–H and O–H groups in total. The van der Waals surface area contributed by atoms with Gasteiger partial charge in [-0.15, -0.1) is 0 Å². The van der Waals surface area contributed by atoms with E-state index in [2.05, 4.69) is 15.4 Å². The molecular formula is C13H12FN5O2. The molecule has 0 aliphatic heterocycles. The van der Waals surface area contributed by atoms with E-state index in [1.54, 1.807) is 0 Å². The van der Waals surface area contributed by atoms with Crippen molar-refractivity contribution in [2.24, 2.45) is 5.84 Å². The highest BCUT2D eigenvalue weighted by Gasteiger charge is 2.10. The maximum atomic E-state index is 13.8. The highest BCUT2D eigenvalue weighted by molar-refractivity contribution is 5.41. The van der Waals surface area contributed by atoms with Crippen LogP contribution in [0, 0.1) is 17.1 Å². The van der Waals surface area contributed by atoms with Crippen molar-refractivity contribution in [1.29, 1.82) is 5.26 Å². The normalized spacial score (nSPS) is 10.0. The Morgan fingerprint density at radius 3 is 2.81 bits per heavy atom. The fraction of sp³-hybridized carbons (Fsp3) is 0.154. The molecule has 0 aliphatic rings. The van der Waals surface area contributed by atoms with E-state index in [9.17, 15) is 4.39 Å². The molecule has 0 saturated carbocycles. The van der Waals surface area contributed by atoms with Gasteiger partial charge in [-0.2, -0.15) is 10.2 Å². The Kier molecular flexibility index (Phi) is 4.61. The van der Waals surface area contributed by atoms with Gasteiger partial charge in [-0.05, 0) is 18.2 Å². The molecule has 0 aliphatic carbocycles. The number of halogens is 1. The summed E-state index contributed by atoms with van der Waals surface area (Å²) in [5, 5.41) is 8.69. The zero-order valence-electron chi connectivity index (χ0n) is 11.1. The molecular weight excluding hydrogens is 277 g/mol. The molecule has 1 heterocycles. The Morgan fingerprint density at radius 2 is 2.19 bits per heavy atom. The van der Waals surface area contributed by atoms with Gasteiger partial charge in [0.2, 0.25) is 5.88 Å². The van der Waals surface area contributed by atoms with E-state index in [-0.39, 0.29) is 23.8 Å². The Bertz CT molecular complexity index is 687. The van der Waals surface area contributed by atoms with Crippen LogP contribution in [-0.4, -0.2) is 17.1 Å². The van der Waals surface area contributed by atoms with E-state index in [1.807, 2.05) is 6.07 Å². The highest BCUT2D eigenvalue weighted by Crippen LogP contribution is 2.25. The highest BCUT2D eigenvalue weighted by atomic mass is 19.1. The quantitative estimate of drug-likeness (QED) is 0.637. The van der Waals surface area contributed by atoms with E-state index in [0.717, 1.165) is 6.07 Å². The van der Waals surface area contributed by atoms with Gasteiger partial charge in [0.15, 0.2) is 17.4 Å². The lowest BCUT2D eigenvalue weighted by atomic mass is 10.2. The molecule has 0 atom stereocenters. The summed E-state index contributed by atoms with van der Waals surface area (Å²) in [4.78, 5) is 8.11. The second-order valence-corrected chi connectivity index (χ2v) is 3.94. The van der Waals surface area contributed by atoms with Crippen molar-refractivity contribution >= 4 is 5.82 Å². The van der Waals surface area contributed by atoms with Crippen molar-refractivity contribution in [2.75, 3.05) is 12.5 Å². The molecule has 0 fully saturated rings. The summed E-state index contributed by atoms with van der Waals surface area (Å²) in [6, 6.07) is 7.12. The lowest BCUT2D eigenvalue weighted by Crippen LogP contribution is -2.11. The first-order chi connectivity index (χ1) is 10.2. The molecule has 2 rings (SSSR count).